The number of aromatic hydroxyl groups is 1. The van der Waals surface area contributed by atoms with Crippen LogP contribution in [-0.4, -0.2) is 18.1 Å². The maximum Gasteiger partial charge on any atom is 0.259 e. The first-order valence-electron chi connectivity index (χ1n) is 5.64. The van der Waals surface area contributed by atoms with E-state index in [1.165, 1.54) is 19.2 Å². The minimum atomic E-state index is -0.331. The lowest BCUT2D eigenvalue weighted by Crippen LogP contribution is -2.13. The molecule has 0 saturated heterocycles. The number of hydrogen-bond donors (Lipinski definition) is 3. The van der Waals surface area contributed by atoms with Crippen molar-refractivity contribution in [1.29, 1.82) is 0 Å². The average molecular weight is 258 g/mol. The largest absolute Gasteiger partial charge is 0.508 e. The fourth-order valence-corrected chi connectivity index (χ4v) is 1.68. The van der Waals surface area contributed by atoms with Gasteiger partial charge in [0, 0.05) is 23.5 Å². The number of nitrogens with one attached hydrogen (secondary N) is 1. The Labute approximate surface area is 110 Å². The minimum Gasteiger partial charge on any atom is -0.508 e. The SMILES string of the molecule is COc1cc(N)ccc1C(=O)Nc1cccc(O)c1. The third-order valence-corrected chi connectivity index (χ3v) is 2.57. The number of methoxy groups -OCH3 is 1. The summed E-state index contributed by atoms with van der Waals surface area (Å²) in [5, 5.41) is 12.0. The number of carbonyl (C=O) groups excluding carboxylic acids is 1. The van der Waals surface area contributed by atoms with Crippen molar-refractivity contribution in [2.75, 3.05) is 18.2 Å². The van der Waals surface area contributed by atoms with Gasteiger partial charge in [0.15, 0.2) is 0 Å². The third-order valence-electron chi connectivity index (χ3n) is 2.57. The van der Waals surface area contributed by atoms with E-state index in [4.69, 9.17) is 10.5 Å². The van der Waals surface area contributed by atoms with Crippen LogP contribution in [-0.2, 0) is 0 Å². The molecule has 2 rings (SSSR count). The molecule has 98 valence electrons. The Morgan fingerprint density at radius 2 is 2.05 bits per heavy atom. The second-order valence-electron chi connectivity index (χ2n) is 3.96. The molecule has 5 nitrogen and oxygen atoms in total. The van der Waals surface area contributed by atoms with Crippen molar-refractivity contribution in [2.24, 2.45) is 0 Å². The first-order chi connectivity index (χ1) is 9.10. The molecule has 4 N–H and O–H groups in total. The van der Waals surface area contributed by atoms with Crippen LogP contribution in [0.2, 0.25) is 0 Å². The van der Waals surface area contributed by atoms with Crippen molar-refractivity contribution in [3.8, 4) is 11.5 Å². The van der Waals surface area contributed by atoms with Crippen molar-refractivity contribution in [1.82, 2.24) is 0 Å². The summed E-state index contributed by atoms with van der Waals surface area (Å²) in [5.74, 6) is 0.155. The standard InChI is InChI=1S/C14H14N2O3/c1-19-13-7-9(15)5-6-12(13)14(18)16-10-3-2-4-11(17)8-10/h2-8,17H,15H2,1H3,(H,16,18). The summed E-state index contributed by atoms with van der Waals surface area (Å²) in [6.07, 6.45) is 0. The van der Waals surface area contributed by atoms with E-state index in [-0.39, 0.29) is 11.7 Å². The molecule has 0 aromatic heterocycles. The number of amides is 1. The molecule has 0 bridgehead atoms. The molecule has 0 atom stereocenters. The number of rotatable bonds is 3. The molecule has 0 spiro atoms. The first kappa shape index (κ1) is 12.8. The average Bonchev–Trinajstić information content (AvgIpc) is 2.38. The van der Waals surface area contributed by atoms with Gasteiger partial charge in [-0.05, 0) is 24.3 Å². The summed E-state index contributed by atoms with van der Waals surface area (Å²) < 4.78 is 5.12. The van der Waals surface area contributed by atoms with Crippen molar-refractivity contribution in [3.63, 3.8) is 0 Å². The van der Waals surface area contributed by atoms with Gasteiger partial charge in [-0.1, -0.05) is 6.07 Å². The van der Waals surface area contributed by atoms with Crippen LogP contribution in [0.25, 0.3) is 0 Å². The molecule has 0 aliphatic carbocycles. The van der Waals surface area contributed by atoms with E-state index in [1.54, 1.807) is 30.3 Å². The van der Waals surface area contributed by atoms with E-state index in [0.717, 1.165) is 0 Å². The number of anilines is 2. The maximum atomic E-state index is 12.1. The van der Waals surface area contributed by atoms with Crippen LogP contribution in [0.4, 0.5) is 11.4 Å². The zero-order chi connectivity index (χ0) is 13.8. The smallest absolute Gasteiger partial charge is 0.259 e. The molecule has 5 heteroatoms. The molecule has 0 heterocycles. The van der Waals surface area contributed by atoms with E-state index in [0.29, 0.717) is 22.7 Å². The van der Waals surface area contributed by atoms with Crippen LogP contribution in [0.15, 0.2) is 42.5 Å². The molecule has 19 heavy (non-hydrogen) atoms. The molecule has 0 fully saturated rings. The van der Waals surface area contributed by atoms with Gasteiger partial charge in [0.2, 0.25) is 0 Å². The molecule has 0 unspecified atom stereocenters. The lowest BCUT2D eigenvalue weighted by molar-refractivity contribution is 0.102. The van der Waals surface area contributed by atoms with Gasteiger partial charge in [-0.3, -0.25) is 4.79 Å². The molecular formula is C14H14N2O3. The number of carbonyl (C=O) groups is 1. The minimum absolute atomic E-state index is 0.0853. The molecular weight excluding hydrogens is 244 g/mol. The van der Waals surface area contributed by atoms with E-state index in [1.807, 2.05) is 0 Å². The maximum absolute atomic E-state index is 12.1. The highest BCUT2D eigenvalue weighted by molar-refractivity contribution is 6.06. The van der Waals surface area contributed by atoms with E-state index in [2.05, 4.69) is 5.32 Å². The predicted molar refractivity (Wildman–Crippen MR) is 73.5 cm³/mol. The van der Waals surface area contributed by atoms with Crippen LogP contribution in [0, 0.1) is 0 Å². The Morgan fingerprint density at radius 1 is 1.26 bits per heavy atom. The molecule has 2 aromatic carbocycles. The number of hydrogen-bond acceptors (Lipinski definition) is 4. The fourth-order valence-electron chi connectivity index (χ4n) is 1.68. The highest BCUT2D eigenvalue weighted by Crippen LogP contribution is 2.23. The zero-order valence-electron chi connectivity index (χ0n) is 10.4. The molecule has 0 aliphatic heterocycles. The normalized spacial score (nSPS) is 9.95. The highest BCUT2D eigenvalue weighted by Gasteiger charge is 2.12. The number of phenolic OH excluding ortho intramolecular Hbond substituents is 1. The Hall–Kier alpha value is -2.69. The topological polar surface area (TPSA) is 84.6 Å². The summed E-state index contributed by atoms with van der Waals surface area (Å²) in [5.41, 5.74) is 7.03. The van der Waals surface area contributed by atoms with Gasteiger partial charge in [0.1, 0.15) is 11.5 Å². The van der Waals surface area contributed by atoms with Crippen LogP contribution >= 0.6 is 0 Å². The summed E-state index contributed by atoms with van der Waals surface area (Å²) in [6.45, 7) is 0. The lowest BCUT2D eigenvalue weighted by Gasteiger charge is -2.10. The molecule has 2 aromatic rings. The van der Waals surface area contributed by atoms with Gasteiger partial charge in [0.25, 0.3) is 5.91 Å². The summed E-state index contributed by atoms with van der Waals surface area (Å²) in [4.78, 5) is 12.1. The number of benzene rings is 2. The van der Waals surface area contributed by atoms with Gasteiger partial charge in [-0.25, -0.2) is 0 Å². The number of nitrogen functional groups attached to an aromatic ring is 1. The Balaban J connectivity index is 2.25. The van der Waals surface area contributed by atoms with Gasteiger partial charge in [-0.15, -0.1) is 0 Å². The van der Waals surface area contributed by atoms with Crippen molar-refractivity contribution in [3.05, 3.63) is 48.0 Å². The second kappa shape index (κ2) is 5.30. The molecule has 0 radical (unpaired) electrons. The van der Waals surface area contributed by atoms with Crippen LogP contribution in [0.3, 0.4) is 0 Å². The highest BCUT2D eigenvalue weighted by atomic mass is 16.5. The van der Waals surface area contributed by atoms with Gasteiger partial charge >= 0.3 is 0 Å². The Bertz CT molecular complexity index is 611. The fraction of sp³-hybridized carbons (Fsp3) is 0.0714. The third kappa shape index (κ3) is 2.95. The van der Waals surface area contributed by atoms with E-state index in [9.17, 15) is 9.90 Å². The summed E-state index contributed by atoms with van der Waals surface area (Å²) in [7, 11) is 1.47. The van der Waals surface area contributed by atoms with Crippen LogP contribution in [0.5, 0.6) is 11.5 Å². The predicted octanol–water partition coefficient (Wildman–Crippen LogP) is 2.24. The molecule has 0 aliphatic rings. The molecule has 0 saturated carbocycles. The van der Waals surface area contributed by atoms with E-state index >= 15 is 0 Å². The van der Waals surface area contributed by atoms with Gasteiger partial charge < -0.3 is 20.9 Å². The lowest BCUT2D eigenvalue weighted by atomic mass is 10.1. The Morgan fingerprint density at radius 3 is 2.74 bits per heavy atom. The van der Waals surface area contributed by atoms with Gasteiger partial charge in [0.05, 0.1) is 12.7 Å². The number of ether oxygens (including phenoxy) is 1. The summed E-state index contributed by atoms with van der Waals surface area (Å²) in [6, 6.07) is 11.1. The Kier molecular flexibility index (Phi) is 3.56. The van der Waals surface area contributed by atoms with E-state index < -0.39 is 0 Å². The quantitative estimate of drug-likeness (QED) is 0.737. The van der Waals surface area contributed by atoms with Crippen LogP contribution in [0.1, 0.15) is 10.4 Å². The van der Waals surface area contributed by atoms with Crippen molar-refractivity contribution >= 4 is 17.3 Å². The van der Waals surface area contributed by atoms with Crippen molar-refractivity contribution in [2.45, 2.75) is 0 Å². The summed E-state index contributed by atoms with van der Waals surface area (Å²) >= 11 is 0. The molecule has 1 amide bonds. The van der Waals surface area contributed by atoms with Crippen molar-refractivity contribution < 1.29 is 14.6 Å². The zero-order valence-corrected chi connectivity index (χ0v) is 10.4. The second-order valence-corrected chi connectivity index (χ2v) is 3.96. The first-order valence-corrected chi connectivity index (χ1v) is 5.64. The van der Waals surface area contributed by atoms with Crippen LogP contribution < -0.4 is 15.8 Å². The van der Waals surface area contributed by atoms with Gasteiger partial charge in [-0.2, -0.15) is 0 Å². The number of phenols is 1. The monoisotopic (exact) mass is 258 g/mol. The number of nitrogens with two attached hydrogens (primary N) is 1.